The highest BCUT2D eigenvalue weighted by Gasteiger charge is 2.41. The molecule has 38 heavy (non-hydrogen) atoms. The minimum Gasteiger partial charge on any atom is -0.339 e. The summed E-state index contributed by atoms with van der Waals surface area (Å²) in [5.41, 5.74) is 5.15. The second-order valence-electron chi connectivity index (χ2n) is 9.34. The van der Waals surface area contributed by atoms with E-state index in [2.05, 4.69) is 21.2 Å². The molecular weight excluding hydrogens is 553 g/mol. The van der Waals surface area contributed by atoms with Crippen LogP contribution in [0.1, 0.15) is 30.0 Å². The molecule has 2 aliphatic rings. The topological polar surface area (TPSA) is 89.3 Å². The highest BCUT2D eigenvalue weighted by atomic mass is 79.9. The summed E-state index contributed by atoms with van der Waals surface area (Å²) in [4.78, 5) is 28.1. The standard InChI is InChI=1S/C28H23BrFN5O3/c1-16-27(37)34(13-12-17-2-3-19-15-24(36)31-23(19)14-17)28(38-16)26-25(18-4-8-21(30)9-5-18)32-35(33-26)22-10-6-20(29)7-11-22/h2-11,14,16,28H,12-13,15H2,1H3,(H,31,36)/t16-,28-/m1/s1. The first kappa shape index (κ1) is 24.4. The number of amides is 2. The fraction of sp³-hybridized carbons (Fsp3) is 0.214. The van der Waals surface area contributed by atoms with Crippen LogP contribution in [0, 0.1) is 5.82 Å². The molecule has 1 fully saturated rings. The van der Waals surface area contributed by atoms with Gasteiger partial charge in [0.15, 0.2) is 6.23 Å². The number of ether oxygens (including phenoxy) is 1. The average molecular weight is 576 g/mol. The predicted octanol–water partition coefficient (Wildman–Crippen LogP) is 4.82. The van der Waals surface area contributed by atoms with Gasteiger partial charge in [0, 0.05) is 22.3 Å². The zero-order chi connectivity index (χ0) is 26.4. The second-order valence-corrected chi connectivity index (χ2v) is 10.3. The smallest absolute Gasteiger partial charge is 0.253 e. The SMILES string of the molecule is C[C@H]1O[C@H](c2nn(-c3ccc(Br)cc3)nc2-c2ccc(F)cc2)N(CCc2ccc3c(c2)NC(=O)C3)C1=O. The summed E-state index contributed by atoms with van der Waals surface area (Å²) < 4.78 is 20.7. The van der Waals surface area contributed by atoms with Crippen molar-refractivity contribution in [3.8, 4) is 16.9 Å². The molecule has 0 aliphatic carbocycles. The summed E-state index contributed by atoms with van der Waals surface area (Å²) in [5, 5.41) is 12.3. The van der Waals surface area contributed by atoms with Crippen molar-refractivity contribution < 1.29 is 18.7 Å². The van der Waals surface area contributed by atoms with Crippen molar-refractivity contribution in [2.45, 2.75) is 32.1 Å². The molecule has 8 nitrogen and oxygen atoms in total. The van der Waals surface area contributed by atoms with Gasteiger partial charge in [-0.3, -0.25) is 9.59 Å². The molecule has 6 rings (SSSR count). The van der Waals surface area contributed by atoms with E-state index >= 15 is 0 Å². The maximum absolute atomic E-state index is 13.7. The van der Waals surface area contributed by atoms with Crippen molar-refractivity contribution in [3.63, 3.8) is 0 Å². The van der Waals surface area contributed by atoms with Gasteiger partial charge in [-0.1, -0.05) is 28.1 Å². The number of nitrogens with one attached hydrogen (secondary N) is 1. The molecule has 0 unspecified atom stereocenters. The summed E-state index contributed by atoms with van der Waals surface area (Å²) in [6, 6.07) is 19.4. The van der Waals surface area contributed by atoms with Gasteiger partial charge in [0.25, 0.3) is 5.91 Å². The number of nitrogens with zero attached hydrogens (tertiary/aromatic N) is 4. The van der Waals surface area contributed by atoms with Gasteiger partial charge in [-0.25, -0.2) is 4.39 Å². The molecule has 4 aromatic rings. The Morgan fingerprint density at radius 3 is 2.58 bits per heavy atom. The Balaban J connectivity index is 1.34. The molecule has 2 atom stereocenters. The molecule has 192 valence electrons. The lowest BCUT2D eigenvalue weighted by molar-refractivity contribution is -0.130. The second kappa shape index (κ2) is 9.77. The van der Waals surface area contributed by atoms with Crippen LogP contribution in [0.5, 0.6) is 0 Å². The minimum absolute atomic E-state index is 0.0173. The number of carbonyl (C=O) groups is 2. The van der Waals surface area contributed by atoms with Gasteiger partial charge in [0.1, 0.15) is 23.3 Å². The quantitative estimate of drug-likeness (QED) is 0.356. The number of hydrogen-bond acceptors (Lipinski definition) is 5. The first-order valence-electron chi connectivity index (χ1n) is 12.2. The number of halogens is 2. The Hall–Kier alpha value is -3.89. The number of aromatic nitrogens is 3. The van der Waals surface area contributed by atoms with Gasteiger partial charge in [0.05, 0.1) is 12.1 Å². The normalized spacial score (nSPS) is 18.7. The number of benzene rings is 3. The van der Waals surface area contributed by atoms with Crippen molar-refractivity contribution >= 4 is 33.4 Å². The van der Waals surface area contributed by atoms with Crippen LogP contribution < -0.4 is 5.32 Å². The molecular formula is C28H23BrFN5O3. The lowest BCUT2D eigenvalue weighted by Gasteiger charge is -2.22. The molecule has 3 heterocycles. The van der Waals surface area contributed by atoms with Crippen LogP contribution >= 0.6 is 15.9 Å². The van der Waals surface area contributed by atoms with Crippen molar-refractivity contribution in [1.82, 2.24) is 19.9 Å². The fourth-order valence-corrected chi connectivity index (χ4v) is 5.03. The predicted molar refractivity (Wildman–Crippen MR) is 142 cm³/mol. The van der Waals surface area contributed by atoms with Gasteiger partial charge in [-0.05, 0) is 79.1 Å². The molecule has 0 saturated carbocycles. The van der Waals surface area contributed by atoms with Crippen LogP contribution in [0.4, 0.5) is 10.1 Å². The van der Waals surface area contributed by atoms with E-state index in [4.69, 9.17) is 14.9 Å². The summed E-state index contributed by atoms with van der Waals surface area (Å²) in [6.07, 6.45) is -0.476. The summed E-state index contributed by atoms with van der Waals surface area (Å²) in [5.74, 6) is -0.521. The van der Waals surface area contributed by atoms with E-state index in [1.54, 1.807) is 24.0 Å². The van der Waals surface area contributed by atoms with E-state index in [0.29, 0.717) is 36.3 Å². The molecule has 0 spiro atoms. The van der Waals surface area contributed by atoms with Crippen molar-refractivity contribution in [2.24, 2.45) is 0 Å². The van der Waals surface area contributed by atoms with E-state index in [0.717, 1.165) is 27.0 Å². The third-order valence-electron chi connectivity index (χ3n) is 6.74. The molecule has 0 bridgehead atoms. The van der Waals surface area contributed by atoms with E-state index in [-0.39, 0.29) is 17.6 Å². The van der Waals surface area contributed by atoms with Crippen LogP contribution in [0.3, 0.4) is 0 Å². The van der Waals surface area contributed by atoms with Crippen LogP contribution in [0.2, 0.25) is 0 Å². The summed E-state index contributed by atoms with van der Waals surface area (Å²) in [7, 11) is 0. The Labute approximate surface area is 226 Å². The average Bonchev–Trinajstić information content (AvgIpc) is 3.58. The molecule has 1 N–H and O–H groups in total. The van der Waals surface area contributed by atoms with E-state index < -0.39 is 12.3 Å². The molecule has 0 radical (unpaired) electrons. The van der Waals surface area contributed by atoms with E-state index in [1.807, 2.05) is 42.5 Å². The lowest BCUT2D eigenvalue weighted by atomic mass is 10.1. The lowest BCUT2D eigenvalue weighted by Crippen LogP contribution is -2.32. The van der Waals surface area contributed by atoms with E-state index in [1.165, 1.54) is 16.9 Å². The first-order valence-corrected chi connectivity index (χ1v) is 13.0. The maximum Gasteiger partial charge on any atom is 0.253 e. The molecule has 1 aromatic heterocycles. The Kier molecular flexibility index (Phi) is 6.29. The molecule has 10 heteroatoms. The summed E-state index contributed by atoms with van der Waals surface area (Å²) in [6.45, 7) is 2.10. The van der Waals surface area contributed by atoms with Crippen molar-refractivity contribution in [1.29, 1.82) is 0 Å². The fourth-order valence-electron chi connectivity index (χ4n) is 4.77. The number of hydrogen-bond donors (Lipinski definition) is 1. The number of anilines is 1. The van der Waals surface area contributed by atoms with Gasteiger partial charge in [-0.15, -0.1) is 10.2 Å². The van der Waals surface area contributed by atoms with Gasteiger partial charge in [0.2, 0.25) is 5.91 Å². The number of fused-ring (bicyclic) bond motifs is 1. The van der Waals surface area contributed by atoms with Gasteiger partial charge >= 0.3 is 0 Å². The van der Waals surface area contributed by atoms with Crippen molar-refractivity contribution in [3.05, 3.63) is 93.8 Å². The van der Waals surface area contributed by atoms with Gasteiger partial charge in [-0.2, -0.15) is 4.80 Å². The van der Waals surface area contributed by atoms with Crippen molar-refractivity contribution in [2.75, 3.05) is 11.9 Å². The molecule has 3 aromatic carbocycles. The zero-order valence-corrected chi connectivity index (χ0v) is 22.0. The molecule has 1 saturated heterocycles. The Bertz CT molecular complexity index is 1540. The zero-order valence-electron chi connectivity index (χ0n) is 20.4. The molecule has 2 aliphatic heterocycles. The first-order chi connectivity index (χ1) is 18.4. The third-order valence-corrected chi connectivity index (χ3v) is 7.27. The Morgan fingerprint density at radius 2 is 1.82 bits per heavy atom. The van der Waals surface area contributed by atoms with Crippen LogP contribution in [0.15, 0.2) is 71.2 Å². The maximum atomic E-state index is 13.7. The largest absolute Gasteiger partial charge is 0.339 e. The van der Waals surface area contributed by atoms with Gasteiger partial charge < -0.3 is 15.0 Å². The van der Waals surface area contributed by atoms with E-state index in [9.17, 15) is 14.0 Å². The Morgan fingerprint density at radius 1 is 1.05 bits per heavy atom. The molecule has 2 amide bonds. The monoisotopic (exact) mass is 575 g/mol. The number of rotatable bonds is 6. The highest BCUT2D eigenvalue weighted by Crippen LogP contribution is 2.36. The van der Waals surface area contributed by atoms with Crippen LogP contribution in [0.25, 0.3) is 16.9 Å². The van der Waals surface area contributed by atoms with Crippen LogP contribution in [-0.4, -0.2) is 44.4 Å². The summed E-state index contributed by atoms with van der Waals surface area (Å²) >= 11 is 3.44. The highest BCUT2D eigenvalue weighted by molar-refractivity contribution is 9.10. The minimum atomic E-state index is -0.768. The third kappa shape index (κ3) is 4.61. The van der Waals surface area contributed by atoms with Crippen LogP contribution in [-0.2, 0) is 27.2 Å². The number of carbonyl (C=O) groups excluding carboxylic acids is 2.